The number of hydrogen-bond donors (Lipinski definition) is 0. The summed E-state index contributed by atoms with van der Waals surface area (Å²) >= 11 is 3.56. The van der Waals surface area contributed by atoms with Gasteiger partial charge < -0.3 is 4.84 Å². The van der Waals surface area contributed by atoms with Gasteiger partial charge in [-0.05, 0) is 25.0 Å². The standard InChI is InChI=1S/C12H14BrNO2/c13-11-6-8-14(9-7-11)16-12(15)10-4-2-1-3-5-10/h1-5,11H,6-9H2. The van der Waals surface area contributed by atoms with Crippen molar-refractivity contribution < 1.29 is 9.63 Å². The van der Waals surface area contributed by atoms with Gasteiger partial charge in [-0.15, -0.1) is 5.06 Å². The van der Waals surface area contributed by atoms with Crippen molar-refractivity contribution in [3.8, 4) is 0 Å². The molecule has 1 aliphatic heterocycles. The fourth-order valence-electron chi connectivity index (χ4n) is 1.66. The molecule has 3 nitrogen and oxygen atoms in total. The molecular weight excluding hydrogens is 270 g/mol. The monoisotopic (exact) mass is 283 g/mol. The third-order valence-electron chi connectivity index (χ3n) is 2.60. The van der Waals surface area contributed by atoms with Crippen LogP contribution in [0.5, 0.6) is 0 Å². The van der Waals surface area contributed by atoms with Crippen LogP contribution in [0.1, 0.15) is 23.2 Å². The molecule has 1 aromatic rings. The van der Waals surface area contributed by atoms with Crippen LogP contribution in [0.15, 0.2) is 30.3 Å². The lowest BCUT2D eigenvalue weighted by Gasteiger charge is -2.27. The first-order valence-electron chi connectivity index (χ1n) is 5.42. The normalized spacial score (nSPS) is 18.3. The summed E-state index contributed by atoms with van der Waals surface area (Å²) < 4.78 is 0. The summed E-state index contributed by atoms with van der Waals surface area (Å²) in [6, 6.07) is 9.08. The minimum atomic E-state index is -0.270. The van der Waals surface area contributed by atoms with E-state index in [0.717, 1.165) is 25.9 Å². The van der Waals surface area contributed by atoms with Crippen molar-refractivity contribution in [2.24, 2.45) is 0 Å². The zero-order valence-electron chi connectivity index (χ0n) is 8.93. The van der Waals surface area contributed by atoms with Gasteiger partial charge in [0.05, 0.1) is 5.56 Å². The molecule has 1 saturated heterocycles. The summed E-state index contributed by atoms with van der Waals surface area (Å²) in [7, 11) is 0. The molecule has 0 spiro atoms. The van der Waals surface area contributed by atoms with Crippen LogP contribution in [0, 0.1) is 0 Å². The summed E-state index contributed by atoms with van der Waals surface area (Å²) in [6.45, 7) is 1.60. The van der Waals surface area contributed by atoms with Crippen LogP contribution in [0.25, 0.3) is 0 Å². The molecule has 0 bridgehead atoms. The van der Waals surface area contributed by atoms with Gasteiger partial charge in [0.1, 0.15) is 0 Å². The van der Waals surface area contributed by atoms with Crippen LogP contribution in [-0.4, -0.2) is 28.9 Å². The fourth-order valence-corrected chi connectivity index (χ4v) is 2.07. The first-order chi connectivity index (χ1) is 7.75. The van der Waals surface area contributed by atoms with Gasteiger partial charge in [0.2, 0.25) is 0 Å². The Bertz CT molecular complexity index is 347. The van der Waals surface area contributed by atoms with Gasteiger partial charge in [0.25, 0.3) is 0 Å². The van der Waals surface area contributed by atoms with E-state index < -0.39 is 0 Å². The Hall–Kier alpha value is -0.870. The Balaban J connectivity index is 1.88. The molecule has 2 rings (SSSR count). The van der Waals surface area contributed by atoms with Crippen molar-refractivity contribution in [1.82, 2.24) is 5.06 Å². The van der Waals surface area contributed by atoms with Crippen molar-refractivity contribution in [1.29, 1.82) is 0 Å². The third-order valence-corrected chi connectivity index (χ3v) is 3.52. The summed E-state index contributed by atoms with van der Waals surface area (Å²) in [6.07, 6.45) is 2.03. The zero-order chi connectivity index (χ0) is 11.4. The van der Waals surface area contributed by atoms with Crippen LogP contribution < -0.4 is 0 Å². The second-order valence-electron chi connectivity index (χ2n) is 3.85. The quantitative estimate of drug-likeness (QED) is 0.782. The maximum atomic E-state index is 11.7. The highest BCUT2D eigenvalue weighted by atomic mass is 79.9. The Kier molecular flexibility index (Phi) is 3.96. The molecule has 0 unspecified atom stereocenters. The fraction of sp³-hybridized carbons (Fsp3) is 0.417. The molecule has 0 aromatic heterocycles. The van der Waals surface area contributed by atoms with E-state index in [0.29, 0.717) is 10.4 Å². The number of rotatable bonds is 2. The first-order valence-corrected chi connectivity index (χ1v) is 6.33. The van der Waals surface area contributed by atoms with Crippen molar-refractivity contribution in [2.45, 2.75) is 17.7 Å². The molecule has 1 aromatic carbocycles. The van der Waals surface area contributed by atoms with E-state index in [-0.39, 0.29) is 5.97 Å². The largest absolute Gasteiger partial charge is 0.364 e. The van der Waals surface area contributed by atoms with E-state index >= 15 is 0 Å². The summed E-state index contributed by atoms with van der Waals surface area (Å²) in [5.74, 6) is -0.270. The van der Waals surface area contributed by atoms with Crippen LogP contribution in [0.2, 0.25) is 0 Å². The summed E-state index contributed by atoms with van der Waals surface area (Å²) in [4.78, 5) is 17.6. The Morgan fingerprint density at radius 3 is 2.50 bits per heavy atom. The average molecular weight is 284 g/mol. The van der Waals surface area contributed by atoms with Gasteiger partial charge in [0.15, 0.2) is 0 Å². The van der Waals surface area contributed by atoms with E-state index in [2.05, 4.69) is 15.9 Å². The molecule has 0 atom stereocenters. The van der Waals surface area contributed by atoms with Gasteiger partial charge in [-0.1, -0.05) is 34.1 Å². The van der Waals surface area contributed by atoms with Crippen molar-refractivity contribution in [3.05, 3.63) is 35.9 Å². The topological polar surface area (TPSA) is 29.5 Å². The highest BCUT2D eigenvalue weighted by Gasteiger charge is 2.20. The minimum absolute atomic E-state index is 0.270. The number of carbonyl (C=O) groups is 1. The molecule has 1 aliphatic rings. The van der Waals surface area contributed by atoms with Crippen LogP contribution in [0.4, 0.5) is 0 Å². The summed E-state index contributed by atoms with van der Waals surface area (Å²) in [5, 5.41) is 1.74. The number of alkyl halides is 1. The van der Waals surface area contributed by atoms with E-state index in [1.807, 2.05) is 18.2 Å². The van der Waals surface area contributed by atoms with E-state index in [4.69, 9.17) is 4.84 Å². The predicted octanol–water partition coefficient (Wildman–Crippen LogP) is 2.62. The molecule has 4 heteroatoms. The van der Waals surface area contributed by atoms with Gasteiger partial charge in [0, 0.05) is 17.9 Å². The average Bonchev–Trinajstić information content (AvgIpc) is 2.33. The molecule has 1 fully saturated rings. The molecule has 16 heavy (non-hydrogen) atoms. The maximum absolute atomic E-state index is 11.7. The van der Waals surface area contributed by atoms with Crippen molar-refractivity contribution >= 4 is 21.9 Å². The Morgan fingerprint density at radius 2 is 1.88 bits per heavy atom. The van der Waals surface area contributed by atoms with E-state index in [1.54, 1.807) is 17.2 Å². The molecule has 0 saturated carbocycles. The number of nitrogens with zero attached hydrogens (tertiary/aromatic N) is 1. The first kappa shape index (κ1) is 11.6. The number of hydrogen-bond acceptors (Lipinski definition) is 3. The number of hydroxylamine groups is 2. The molecular formula is C12H14BrNO2. The minimum Gasteiger partial charge on any atom is -0.364 e. The van der Waals surface area contributed by atoms with E-state index in [1.165, 1.54) is 0 Å². The molecule has 1 heterocycles. The lowest BCUT2D eigenvalue weighted by molar-refractivity contribution is -0.118. The number of halogens is 1. The van der Waals surface area contributed by atoms with Crippen molar-refractivity contribution in [2.75, 3.05) is 13.1 Å². The third kappa shape index (κ3) is 3.06. The number of piperidine rings is 1. The van der Waals surface area contributed by atoms with Crippen LogP contribution in [-0.2, 0) is 4.84 Å². The van der Waals surface area contributed by atoms with Gasteiger partial charge in [-0.2, -0.15) is 0 Å². The Labute approximate surface area is 103 Å². The predicted molar refractivity (Wildman–Crippen MR) is 65.4 cm³/mol. The second kappa shape index (κ2) is 5.46. The molecule has 86 valence electrons. The molecule has 0 radical (unpaired) electrons. The highest BCUT2D eigenvalue weighted by molar-refractivity contribution is 9.09. The lowest BCUT2D eigenvalue weighted by Crippen LogP contribution is -2.35. The van der Waals surface area contributed by atoms with Gasteiger partial charge >= 0.3 is 5.97 Å². The maximum Gasteiger partial charge on any atom is 0.357 e. The molecule has 0 N–H and O–H groups in total. The second-order valence-corrected chi connectivity index (χ2v) is 5.14. The Morgan fingerprint density at radius 1 is 1.25 bits per heavy atom. The highest BCUT2D eigenvalue weighted by Crippen LogP contribution is 2.18. The smallest absolute Gasteiger partial charge is 0.357 e. The lowest BCUT2D eigenvalue weighted by atomic mass is 10.2. The SMILES string of the molecule is O=C(ON1CCC(Br)CC1)c1ccccc1. The number of benzene rings is 1. The molecule has 0 aliphatic carbocycles. The van der Waals surface area contributed by atoms with Gasteiger partial charge in [-0.25, -0.2) is 4.79 Å². The van der Waals surface area contributed by atoms with Crippen molar-refractivity contribution in [3.63, 3.8) is 0 Å². The van der Waals surface area contributed by atoms with Crippen LogP contribution in [0.3, 0.4) is 0 Å². The number of carbonyl (C=O) groups excluding carboxylic acids is 1. The summed E-state index contributed by atoms with van der Waals surface area (Å²) in [5.41, 5.74) is 0.600. The van der Waals surface area contributed by atoms with Crippen LogP contribution >= 0.6 is 15.9 Å². The van der Waals surface area contributed by atoms with E-state index in [9.17, 15) is 4.79 Å². The zero-order valence-corrected chi connectivity index (χ0v) is 10.5. The molecule has 0 amide bonds. The van der Waals surface area contributed by atoms with Gasteiger partial charge in [-0.3, -0.25) is 0 Å².